The van der Waals surface area contributed by atoms with Crippen LogP contribution in [0.5, 0.6) is 5.75 Å². The molecule has 0 aliphatic carbocycles. The predicted molar refractivity (Wildman–Crippen MR) is 86.1 cm³/mol. The van der Waals surface area contributed by atoms with Crippen molar-refractivity contribution in [3.8, 4) is 5.75 Å². The quantitative estimate of drug-likeness (QED) is 0.789. The number of hydrogen-bond donors (Lipinski definition) is 1. The minimum Gasteiger partial charge on any atom is -0.497 e. The molecule has 1 rings (SSSR count). The summed E-state index contributed by atoms with van der Waals surface area (Å²) in [5, 5.41) is 0. The van der Waals surface area contributed by atoms with Gasteiger partial charge >= 0.3 is 0 Å². The molecule has 0 radical (unpaired) electrons. The van der Waals surface area contributed by atoms with Crippen molar-refractivity contribution in [3.05, 3.63) is 29.8 Å². The van der Waals surface area contributed by atoms with Gasteiger partial charge in [0.25, 0.3) is 0 Å². The van der Waals surface area contributed by atoms with Crippen LogP contribution in [0.2, 0.25) is 0 Å². The Morgan fingerprint density at radius 1 is 1.20 bits per heavy atom. The molecule has 0 aromatic heterocycles. The van der Waals surface area contributed by atoms with Crippen LogP contribution in [0.15, 0.2) is 24.3 Å². The van der Waals surface area contributed by atoms with Crippen molar-refractivity contribution in [2.75, 3.05) is 14.2 Å². The molecule has 114 valence electrons. The SMILES string of the molecule is CCCC(C)N(C)C(c1ccc(OC)cc1)C(N)CC. The number of nitrogens with two attached hydrogens (primary N) is 1. The van der Waals surface area contributed by atoms with Crippen molar-refractivity contribution < 1.29 is 4.74 Å². The van der Waals surface area contributed by atoms with Crippen molar-refractivity contribution in [1.82, 2.24) is 4.90 Å². The number of rotatable bonds is 8. The van der Waals surface area contributed by atoms with Gasteiger partial charge in [0.05, 0.1) is 7.11 Å². The maximum atomic E-state index is 6.38. The molecule has 0 fully saturated rings. The third-order valence-electron chi connectivity index (χ3n) is 4.17. The summed E-state index contributed by atoms with van der Waals surface area (Å²) in [5.41, 5.74) is 7.65. The molecule has 0 heterocycles. The van der Waals surface area contributed by atoms with Gasteiger partial charge in [-0.3, -0.25) is 4.90 Å². The van der Waals surface area contributed by atoms with Crippen molar-refractivity contribution in [1.29, 1.82) is 0 Å². The highest BCUT2D eigenvalue weighted by Gasteiger charge is 2.26. The van der Waals surface area contributed by atoms with Crippen molar-refractivity contribution in [2.24, 2.45) is 5.73 Å². The van der Waals surface area contributed by atoms with Gasteiger partial charge in [-0.05, 0) is 44.5 Å². The Morgan fingerprint density at radius 2 is 1.80 bits per heavy atom. The number of benzene rings is 1. The Balaban J connectivity index is 2.98. The molecule has 0 saturated heterocycles. The van der Waals surface area contributed by atoms with Gasteiger partial charge < -0.3 is 10.5 Å². The normalized spacial score (nSPS) is 15.9. The van der Waals surface area contributed by atoms with E-state index in [9.17, 15) is 0 Å². The fraction of sp³-hybridized carbons (Fsp3) is 0.647. The van der Waals surface area contributed by atoms with Gasteiger partial charge in [-0.1, -0.05) is 32.4 Å². The Morgan fingerprint density at radius 3 is 2.25 bits per heavy atom. The Hall–Kier alpha value is -1.06. The van der Waals surface area contributed by atoms with E-state index in [-0.39, 0.29) is 12.1 Å². The smallest absolute Gasteiger partial charge is 0.118 e. The van der Waals surface area contributed by atoms with Gasteiger partial charge in [0.15, 0.2) is 0 Å². The number of methoxy groups -OCH3 is 1. The van der Waals surface area contributed by atoms with E-state index in [4.69, 9.17) is 10.5 Å². The second-order valence-corrected chi connectivity index (χ2v) is 5.59. The van der Waals surface area contributed by atoms with Crippen LogP contribution in [0.3, 0.4) is 0 Å². The number of ether oxygens (including phenoxy) is 1. The average Bonchev–Trinajstić information content (AvgIpc) is 2.48. The lowest BCUT2D eigenvalue weighted by molar-refractivity contribution is 0.151. The Kier molecular flexibility index (Phi) is 7.03. The molecular formula is C17H30N2O. The largest absolute Gasteiger partial charge is 0.497 e. The van der Waals surface area contributed by atoms with E-state index < -0.39 is 0 Å². The molecule has 0 aliphatic rings. The molecule has 3 atom stereocenters. The minimum absolute atomic E-state index is 0.146. The maximum absolute atomic E-state index is 6.38. The zero-order valence-electron chi connectivity index (χ0n) is 13.6. The summed E-state index contributed by atoms with van der Waals surface area (Å²) in [6, 6.07) is 9.24. The molecule has 1 aromatic rings. The molecular weight excluding hydrogens is 248 g/mol. The first-order valence-electron chi connectivity index (χ1n) is 7.66. The van der Waals surface area contributed by atoms with Gasteiger partial charge in [-0.25, -0.2) is 0 Å². The van der Waals surface area contributed by atoms with Crippen LogP contribution in [-0.4, -0.2) is 31.1 Å². The van der Waals surface area contributed by atoms with Crippen molar-refractivity contribution in [2.45, 2.75) is 58.2 Å². The first kappa shape index (κ1) is 17.0. The summed E-state index contributed by atoms with van der Waals surface area (Å²) >= 11 is 0. The van der Waals surface area contributed by atoms with Crippen LogP contribution in [0.25, 0.3) is 0 Å². The monoisotopic (exact) mass is 278 g/mol. The van der Waals surface area contributed by atoms with E-state index in [1.54, 1.807) is 7.11 Å². The fourth-order valence-corrected chi connectivity index (χ4v) is 2.70. The van der Waals surface area contributed by atoms with Crippen LogP contribution in [0, 0.1) is 0 Å². The summed E-state index contributed by atoms with van der Waals surface area (Å²) in [5.74, 6) is 0.891. The molecule has 0 saturated carbocycles. The lowest BCUT2D eigenvalue weighted by atomic mass is 9.95. The van der Waals surface area contributed by atoms with Crippen molar-refractivity contribution >= 4 is 0 Å². The molecule has 0 spiro atoms. The number of likely N-dealkylation sites (N-methyl/N-ethyl adjacent to an activating group) is 1. The Labute approximate surface area is 124 Å². The van der Waals surface area contributed by atoms with E-state index in [0.29, 0.717) is 6.04 Å². The maximum Gasteiger partial charge on any atom is 0.118 e. The predicted octanol–water partition coefficient (Wildman–Crippen LogP) is 3.59. The highest BCUT2D eigenvalue weighted by molar-refractivity contribution is 5.30. The minimum atomic E-state index is 0.146. The van der Waals surface area contributed by atoms with Gasteiger partial charge in [0.2, 0.25) is 0 Å². The van der Waals surface area contributed by atoms with E-state index in [0.717, 1.165) is 12.2 Å². The van der Waals surface area contributed by atoms with Crippen LogP contribution in [0.4, 0.5) is 0 Å². The van der Waals surface area contributed by atoms with Gasteiger partial charge in [-0.2, -0.15) is 0 Å². The van der Waals surface area contributed by atoms with Crippen LogP contribution in [0.1, 0.15) is 51.6 Å². The molecule has 2 N–H and O–H groups in total. The molecule has 3 nitrogen and oxygen atoms in total. The summed E-state index contributed by atoms with van der Waals surface area (Å²) in [6.07, 6.45) is 3.36. The zero-order valence-corrected chi connectivity index (χ0v) is 13.6. The zero-order chi connectivity index (χ0) is 15.1. The molecule has 0 bridgehead atoms. The van der Waals surface area contributed by atoms with Crippen molar-refractivity contribution in [3.63, 3.8) is 0 Å². The third-order valence-corrected chi connectivity index (χ3v) is 4.17. The number of nitrogens with zero attached hydrogens (tertiary/aromatic N) is 1. The lowest BCUT2D eigenvalue weighted by Crippen LogP contribution is -2.42. The van der Waals surface area contributed by atoms with E-state index in [1.807, 2.05) is 12.1 Å². The summed E-state index contributed by atoms with van der Waals surface area (Å²) in [7, 11) is 3.88. The highest BCUT2D eigenvalue weighted by Crippen LogP contribution is 2.28. The Bertz CT molecular complexity index is 377. The van der Waals surface area contributed by atoms with E-state index in [2.05, 4.69) is 44.9 Å². The van der Waals surface area contributed by atoms with E-state index in [1.165, 1.54) is 18.4 Å². The highest BCUT2D eigenvalue weighted by atomic mass is 16.5. The molecule has 0 aliphatic heterocycles. The average molecular weight is 278 g/mol. The van der Waals surface area contributed by atoms with Crippen LogP contribution >= 0.6 is 0 Å². The molecule has 1 aromatic carbocycles. The van der Waals surface area contributed by atoms with E-state index >= 15 is 0 Å². The summed E-state index contributed by atoms with van der Waals surface area (Å²) in [6.45, 7) is 6.66. The molecule has 0 amide bonds. The topological polar surface area (TPSA) is 38.5 Å². The van der Waals surface area contributed by atoms with Gasteiger partial charge in [0.1, 0.15) is 5.75 Å². The molecule has 20 heavy (non-hydrogen) atoms. The fourth-order valence-electron chi connectivity index (χ4n) is 2.70. The van der Waals surface area contributed by atoms with Gasteiger partial charge in [-0.15, -0.1) is 0 Å². The summed E-state index contributed by atoms with van der Waals surface area (Å²) in [4.78, 5) is 2.42. The lowest BCUT2D eigenvalue weighted by Gasteiger charge is -2.37. The van der Waals surface area contributed by atoms with Crippen LogP contribution < -0.4 is 10.5 Å². The number of hydrogen-bond acceptors (Lipinski definition) is 3. The second-order valence-electron chi connectivity index (χ2n) is 5.59. The van der Waals surface area contributed by atoms with Crippen LogP contribution in [-0.2, 0) is 0 Å². The third kappa shape index (κ3) is 4.22. The standard InChI is InChI=1S/C17H30N2O/c1-6-8-13(3)19(4)17(16(18)7-2)14-9-11-15(20-5)12-10-14/h9-13,16-17H,6-8,18H2,1-5H3. The second kappa shape index (κ2) is 8.28. The molecule has 3 unspecified atom stereocenters. The first-order valence-corrected chi connectivity index (χ1v) is 7.66. The molecule has 3 heteroatoms. The summed E-state index contributed by atoms with van der Waals surface area (Å²) < 4.78 is 5.24. The van der Waals surface area contributed by atoms with Gasteiger partial charge in [0, 0.05) is 18.1 Å². The first-order chi connectivity index (χ1) is 9.54.